The number of ether oxygens (including phenoxy) is 1. The van der Waals surface area contributed by atoms with Crippen LogP contribution in [0.2, 0.25) is 0 Å². The Morgan fingerprint density at radius 1 is 1.50 bits per heavy atom. The van der Waals surface area contributed by atoms with Crippen LogP contribution in [-0.4, -0.2) is 47.3 Å². The Morgan fingerprint density at radius 2 is 2.25 bits per heavy atom. The van der Waals surface area contributed by atoms with Crippen molar-refractivity contribution in [2.45, 2.75) is 13.8 Å². The minimum absolute atomic E-state index is 0.309. The largest absolute Gasteiger partial charge is 0.461 e. The van der Waals surface area contributed by atoms with Crippen LogP contribution in [0.15, 0.2) is 23.3 Å². The summed E-state index contributed by atoms with van der Waals surface area (Å²) in [6.07, 6.45) is 3.41. The molecule has 2 aromatic rings. The molecule has 0 unspecified atom stereocenters. The van der Waals surface area contributed by atoms with Gasteiger partial charge < -0.3 is 14.0 Å². The number of esters is 1. The maximum Gasteiger partial charge on any atom is 0.358 e. The molecule has 0 aliphatic heterocycles. The van der Waals surface area contributed by atoms with E-state index in [1.165, 1.54) is 0 Å². The van der Waals surface area contributed by atoms with Gasteiger partial charge in [-0.25, -0.2) is 14.8 Å². The van der Waals surface area contributed by atoms with Crippen molar-refractivity contribution in [3.63, 3.8) is 0 Å². The van der Waals surface area contributed by atoms with Crippen LogP contribution in [0.1, 0.15) is 23.1 Å². The average Bonchev–Trinajstić information content (AvgIpc) is 2.83. The molecule has 0 amide bonds. The topological polar surface area (TPSA) is 59.2 Å². The number of aryl methyl sites for hydroxylation is 1. The SMILES string of the molecule is CCOC(=O)c1cn2c(C)c(/N=C/N(C)C)ccc2n1. The first kappa shape index (κ1) is 14.0. The smallest absolute Gasteiger partial charge is 0.358 e. The lowest BCUT2D eigenvalue weighted by Gasteiger charge is -2.06. The van der Waals surface area contributed by atoms with E-state index >= 15 is 0 Å². The highest BCUT2D eigenvalue weighted by Crippen LogP contribution is 2.20. The Balaban J connectivity index is 2.43. The third-order valence-electron chi connectivity index (χ3n) is 2.77. The van der Waals surface area contributed by atoms with Gasteiger partial charge in [0.2, 0.25) is 0 Å². The zero-order chi connectivity index (χ0) is 14.7. The Morgan fingerprint density at radius 3 is 2.90 bits per heavy atom. The molecule has 0 bridgehead atoms. The van der Waals surface area contributed by atoms with Gasteiger partial charge in [0.15, 0.2) is 5.69 Å². The van der Waals surface area contributed by atoms with E-state index in [1.54, 1.807) is 19.5 Å². The number of carbonyl (C=O) groups excluding carboxylic acids is 1. The van der Waals surface area contributed by atoms with Gasteiger partial charge in [-0.2, -0.15) is 0 Å². The van der Waals surface area contributed by atoms with Gasteiger partial charge in [0.25, 0.3) is 0 Å². The van der Waals surface area contributed by atoms with Crippen molar-refractivity contribution in [2.75, 3.05) is 20.7 Å². The third kappa shape index (κ3) is 2.79. The first-order chi connectivity index (χ1) is 9.52. The normalized spacial score (nSPS) is 11.2. The van der Waals surface area contributed by atoms with Crippen molar-refractivity contribution in [3.05, 3.63) is 29.7 Å². The number of nitrogens with zero attached hydrogens (tertiary/aromatic N) is 4. The molecular formula is C14H18N4O2. The van der Waals surface area contributed by atoms with Crippen molar-refractivity contribution in [1.29, 1.82) is 0 Å². The molecule has 0 aliphatic rings. The molecule has 106 valence electrons. The fourth-order valence-corrected chi connectivity index (χ4v) is 1.80. The maximum absolute atomic E-state index is 11.7. The quantitative estimate of drug-likeness (QED) is 0.486. The van der Waals surface area contributed by atoms with Crippen molar-refractivity contribution in [1.82, 2.24) is 14.3 Å². The Labute approximate surface area is 117 Å². The Bertz CT molecular complexity index is 658. The van der Waals surface area contributed by atoms with Gasteiger partial charge in [-0.15, -0.1) is 0 Å². The van der Waals surface area contributed by atoms with E-state index in [4.69, 9.17) is 4.74 Å². The third-order valence-corrected chi connectivity index (χ3v) is 2.77. The lowest BCUT2D eigenvalue weighted by atomic mass is 10.3. The van der Waals surface area contributed by atoms with Crippen LogP contribution in [-0.2, 0) is 4.74 Å². The molecule has 0 saturated carbocycles. The van der Waals surface area contributed by atoms with E-state index < -0.39 is 5.97 Å². The van der Waals surface area contributed by atoms with E-state index in [2.05, 4.69) is 9.98 Å². The maximum atomic E-state index is 11.7. The van der Waals surface area contributed by atoms with Gasteiger partial charge in [-0.05, 0) is 26.0 Å². The van der Waals surface area contributed by atoms with E-state index in [-0.39, 0.29) is 0 Å². The molecule has 20 heavy (non-hydrogen) atoms. The number of carbonyl (C=O) groups is 1. The second-order valence-electron chi connectivity index (χ2n) is 4.59. The standard InChI is InChI=1S/C14H18N4O2/c1-5-20-14(19)12-8-18-10(2)11(15-9-17(3)4)6-7-13(18)16-12/h6-9H,5H2,1-4H3/b15-9+. The van der Waals surface area contributed by atoms with Gasteiger partial charge in [0.05, 0.1) is 18.6 Å². The number of imidazole rings is 1. The zero-order valence-electron chi connectivity index (χ0n) is 12.1. The lowest BCUT2D eigenvalue weighted by molar-refractivity contribution is 0.0520. The summed E-state index contributed by atoms with van der Waals surface area (Å²) in [5, 5.41) is 0. The monoisotopic (exact) mass is 274 g/mol. The molecule has 2 heterocycles. The predicted molar refractivity (Wildman–Crippen MR) is 77.7 cm³/mol. The fraction of sp³-hybridized carbons (Fsp3) is 0.357. The van der Waals surface area contributed by atoms with Crippen LogP contribution in [0.25, 0.3) is 5.65 Å². The van der Waals surface area contributed by atoms with Gasteiger partial charge in [0, 0.05) is 26.0 Å². The molecule has 0 atom stereocenters. The highest BCUT2D eigenvalue weighted by Gasteiger charge is 2.13. The summed E-state index contributed by atoms with van der Waals surface area (Å²) in [4.78, 5) is 22.2. The van der Waals surface area contributed by atoms with Crippen molar-refractivity contribution in [3.8, 4) is 0 Å². The van der Waals surface area contributed by atoms with Crippen molar-refractivity contribution >= 4 is 23.6 Å². The summed E-state index contributed by atoms with van der Waals surface area (Å²) in [5.74, 6) is -0.408. The number of hydrogen-bond donors (Lipinski definition) is 0. The van der Waals surface area contributed by atoms with Crippen LogP contribution < -0.4 is 0 Å². The van der Waals surface area contributed by atoms with Crippen LogP contribution >= 0.6 is 0 Å². The molecule has 0 aliphatic carbocycles. The summed E-state index contributed by atoms with van der Waals surface area (Å²) >= 11 is 0. The number of aromatic nitrogens is 2. The second kappa shape index (κ2) is 5.73. The molecular weight excluding hydrogens is 256 g/mol. The molecule has 0 aromatic carbocycles. The summed E-state index contributed by atoms with van der Waals surface area (Å²) in [5.41, 5.74) is 2.76. The molecule has 6 nitrogen and oxygen atoms in total. The van der Waals surface area contributed by atoms with Gasteiger partial charge in [-0.3, -0.25) is 0 Å². The lowest BCUT2D eigenvalue weighted by Crippen LogP contribution is -2.07. The summed E-state index contributed by atoms with van der Waals surface area (Å²) in [6, 6.07) is 3.71. The van der Waals surface area contributed by atoms with Crippen molar-refractivity contribution in [2.24, 2.45) is 4.99 Å². The van der Waals surface area contributed by atoms with Gasteiger partial charge in [-0.1, -0.05) is 0 Å². The highest BCUT2D eigenvalue weighted by molar-refractivity contribution is 5.88. The summed E-state index contributed by atoms with van der Waals surface area (Å²) < 4.78 is 6.80. The van der Waals surface area contributed by atoms with E-state index in [0.29, 0.717) is 17.9 Å². The molecule has 2 rings (SSSR count). The first-order valence-electron chi connectivity index (χ1n) is 6.39. The molecule has 0 radical (unpaired) electrons. The first-order valence-corrected chi connectivity index (χ1v) is 6.39. The van der Waals surface area contributed by atoms with Gasteiger partial charge in [0.1, 0.15) is 5.65 Å². The summed E-state index contributed by atoms with van der Waals surface area (Å²) in [6.45, 7) is 4.04. The molecule has 0 saturated heterocycles. The number of aliphatic imine (C=N–C) groups is 1. The summed E-state index contributed by atoms with van der Waals surface area (Å²) in [7, 11) is 3.82. The van der Waals surface area contributed by atoms with Crippen LogP contribution in [0.3, 0.4) is 0 Å². The minimum atomic E-state index is -0.408. The number of pyridine rings is 1. The molecule has 6 heteroatoms. The zero-order valence-corrected chi connectivity index (χ0v) is 12.1. The highest BCUT2D eigenvalue weighted by atomic mass is 16.5. The van der Waals surface area contributed by atoms with Crippen LogP contribution in [0.4, 0.5) is 5.69 Å². The second-order valence-corrected chi connectivity index (χ2v) is 4.59. The Kier molecular flexibility index (Phi) is 4.02. The van der Waals surface area contributed by atoms with E-state index in [0.717, 1.165) is 11.4 Å². The molecule has 0 spiro atoms. The molecule has 2 aromatic heterocycles. The molecule has 0 fully saturated rings. The van der Waals surface area contributed by atoms with E-state index in [9.17, 15) is 4.79 Å². The van der Waals surface area contributed by atoms with Gasteiger partial charge >= 0.3 is 5.97 Å². The predicted octanol–water partition coefficient (Wildman–Crippen LogP) is 2.04. The van der Waals surface area contributed by atoms with Crippen LogP contribution in [0, 0.1) is 6.92 Å². The number of fused-ring (bicyclic) bond motifs is 1. The van der Waals surface area contributed by atoms with E-state index in [1.807, 2.05) is 42.5 Å². The van der Waals surface area contributed by atoms with Crippen LogP contribution in [0.5, 0.6) is 0 Å². The molecule has 0 N–H and O–H groups in total. The fourth-order valence-electron chi connectivity index (χ4n) is 1.80. The Hall–Kier alpha value is -2.37. The van der Waals surface area contributed by atoms with Crippen molar-refractivity contribution < 1.29 is 9.53 Å². The number of hydrogen-bond acceptors (Lipinski definition) is 4. The number of rotatable bonds is 4. The minimum Gasteiger partial charge on any atom is -0.461 e. The average molecular weight is 274 g/mol.